The van der Waals surface area contributed by atoms with Crippen LogP contribution in [-0.4, -0.2) is 41.1 Å². The number of fused-ring (bicyclic) bond motifs is 1. The summed E-state index contributed by atoms with van der Waals surface area (Å²) < 4.78 is 10.8. The highest BCUT2D eigenvalue weighted by Gasteiger charge is 2.08. The quantitative estimate of drug-likeness (QED) is 0.319. The molecule has 2 aromatic carbocycles. The number of pyridine rings is 1. The normalized spacial score (nSPS) is 10.8. The van der Waals surface area contributed by atoms with Gasteiger partial charge in [0.2, 0.25) is 5.91 Å². The number of hydrogen-bond acceptors (Lipinski definition) is 7. The van der Waals surface area contributed by atoms with Gasteiger partial charge >= 0.3 is 0 Å². The van der Waals surface area contributed by atoms with Crippen LogP contribution in [0.15, 0.2) is 67.1 Å². The number of carbonyl (C=O) groups is 1. The molecule has 2 N–H and O–H groups in total. The lowest BCUT2D eigenvalue weighted by Gasteiger charge is -2.12. The van der Waals surface area contributed by atoms with Crippen LogP contribution >= 0.6 is 0 Å². The first-order valence-electron chi connectivity index (χ1n) is 11.2. The third-order valence-corrected chi connectivity index (χ3v) is 5.21. The van der Waals surface area contributed by atoms with Crippen molar-refractivity contribution < 1.29 is 14.3 Å². The second-order valence-corrected chi connectivity index (χ2v) is 7.98. The second-order valence-electron chi connectivity index (χ2n) is 7.98. The van der Waals surface area contributed by atoms with Gasteiger partial charge in [0, 0.05) is 30.4 Å². The lowest BCUT2D eigenvalue weighted by molar-refractivity contribution is -0.124. The number of methoxy groups -OCH3 is 1. The fraction of sp³-hybridized carbons (Fsp3) is 0.214. The smallest absolute Gasteiger partial charge is 0.246 e. The molecule has 0 spiro atoms. The molecule has 8 heteroatoms. The minimum Gasteiger partial charge on any atom is -0.455 e. The summed E-state index contributed by atoms with van der Waals surface area (Å²) in [7, 11) is 1.49. The van der Waals surface area contributed by atoms with Gasteiger partial charge in [-0.25, -0.2) is 9.97 Å². The van der Waals surface area contributed by atoms with Gasteiger partial charge in [-0.3, -0.25) is 9.78 Å². The third kappa shape index (κ3) is 6.86. The van der Waals surface area contributed by atoms with Crippen molar-refractivity contribution in [3.8, 4) is 11.5 Å². The van der Waals surface area contributed by atoms with Gasteiger partial charge in [0.25, 0.3) is 0 Å². The van der Waals surface area contributed by atoms with E-state index in [9.17, 15) is 4.79 Å². The van der Waals surface area contributed by atoms with Gasteiger partial charge in [-0.05, 0) is 67.4 Å². The molecule has 4 aromatic rings. The average molecular weight is 486 g/mol. The van der Waals surface area contributed by atoms with E-state index < -0.39 is 0 Å². The molecule has 0 aliphatic carbocycles. The van der Waals surface area contributed by atoms with Crippen molar-refractivity contribution in [1.29, 1.82) is 0 Å². The number of benzene rings is 2. The minimum atomic E-state index is -0.155. The molecule has 1 amide bonds. The van der Waals surface area contributed by atoms with Crippen LogP contribution in [0.3, 0.4) is 0 Å². The second kappa shape index (κ2) is 12.4. The molecule has 0 atom stereocenters. The van der Waals surface area contributed by atoms with E-state index in [0.29, 0.717) is 18.1 Å². The lowest BCUT2D eigenvalue weighted by atomic mass is 10.1. The summed E-state index contributed by atoms with van der Waals surface area (Å²) in [5.41, 5.74) is 4.62. The molecule has 0 unspecified atom stereocenters. The van der Waals surface area contributed by atoms with Crippen LogP contribution in [0.5, 0.6) is 11.5 Å². The van der Waals surface area contributed by atoms with E-state index in [4.69, 9.17) is 9.47 Å². The first kappa shape index (κ1) is 26.3. The largest absolute Gasteiger partial charge is 0.455 e. The van der Waals surface area contributed by atoms with Crippen LogP contribution in [0, 0.1) is 13.8 Å². The topological polar surface area (TPSA) is 98.3 Å². The Kier molecular flexibility index (Phi) is 9.07. The summed E-state index contributed by atoms with van der Waals surface area (Å²) in [6, 6.07) is 15.6. The maximum atomic E-state index is 11.5. The Morgan fingerprint density at radius 2 is 1.89 bits per heavy atom. The summed E-state index contributed by atoms with van der Waals surface area (Å²) in [6.45, 7) is 4.40. The van der Waals surface area contributed by atoms with Crippen LogP contribution in [-0.2, 0) is 9.53 Å². The molecule has 0 aliphatic rings. The Hall–Kier alpha value is -4.30. The van der Waals surface area contributed by atoms with E-state index in [2.05, 4.69) is 25.6 Å². The maximum absolute atomic E-state index is 11.5. The number of carbonyl (C=O) groups excluding carboxylic acids is 1. The molecule has 0 saturated heterocycles. The number of aryl methyl sites for hydroxylation is 2. The minimum absolute atomic E-state index is 0. The predicted molar refractivity (Wildman–Crippen MR) is 144 cm³/mol. The van der Waals surface area contributed by atoms with E-state index in [0.717, 1.165) is 39.2 Å². The van der Waals surface area contributed by atoms with Gasteiger partial charge in [-0.2, -0.15) is 0 Å². The van der Waals surface area contributed by atoms with Gasteiger partial charge in [-0.1, -0.05) is 25.6 Å². The highest BCUT2D eigenvalue weighted by molar-refractivity contribution is 5.92. The van der Waals surface area contributed by atoms with Crippen molar-refractivity contribution in [3.05, 3.63) is 84.0 Å². The molecule has 0 bridgehead atoms. The van der Waals surface area contributed by atoms with Crippen LogP contribution in [0.1, 0.15) is 24.2 Å². The fourth-order valence-corrected chi connectivity index (χ4v) is 3.45. The van der Waals surface area contributed by atoms with E-state index in [1.54, 1.807) is 12.5 Å². The first-order valence-corrected chi connectivity index (χ1v) is 11.2. The number of nitrogens with zero attached hydrogens (tertiary/aromatic N) is 3. The zero-order chi connectivity index (χ0) is 24.6. The lowest BCUT2D eigenvalue weighted by Crippen LogP contribution is -2.26. The molecule has 4 rings (SSSR count). The highest BCUT2D eigenvalue weighted by Crippen LogP contribution is 2.30. The molecular formula is C28H31N5O3. The standard InChI is InChI=1S/C27H27N5O3.CH4/c1-18-13-21(8-11-25(18)35-22-9-6-19(2)29-15-22)32-27-23-14-20(7-10-24(23)30-17-31-27)5-4-12-28-26(33)16-34-3;/h4-11,13-15,17H,12,16H2,1-3H3,(H,28,33)(H,30,31,32);1H4/b5-4+;. The molecule has 8 nitrogen and oxygen atoms in total. The molecule has 2 aromatic heterocycles. The van der Waals surface area contributed by atoms with E-state index in [-0.39, 0.29) is 19.9 Å². The monoisotopic (exact) mass is 485 g/mol. The van der Waals surface area contributed by atoms with Crippen molar-refractivity contribution in [2.24, 2.45) is 0 Å². The molecule has 2 heterocycles. The van der Waals surface area contributed by atoms with Crippen LogP contribution in [0.4, 0.5) is 11.5 Å². The van der Waals surface area contributed by atoms with Crippen LogP contribution in [0.2, 0.25) is 0 Å². The number of hydrogen-bond donors (Lipinski definition) is 2. The molecular weight excluding hydrogens is 454 g/mol. The highest BCUT2D eigenvalue weighted by atomic mass is 16.5. The van der Waals surface area contributed by atoms with Gasteiger partial charge < -0.3 is 20.1 Å². The Labute approximate surface area is 211 Å². The van der Waals surface area contributed by atoms with Crippen LogP contribution < -0.4 is 15.4 Å². The van der Waals surface area contributed by atoms with Gasteiger partial charge in [-0.15, -0.1) is 0 Å². The van der Waals surface area contributed by atoms with Gasteiger partial charge in [0.05, 0.1) is 11.7 Å². The third-order valence-electron chi connectivity index (χ3n) is 5.21. The van der Waals surface area contributed by atoms with Crippen molar-refractivity contribution >= 4 is 34.4 Å². The van der Waals surface area contributed by atoms with Gasteiger partial charge in [0.15, 0.2) is 0 Å². The van der Waals surface area contributed by atoms with E-state index in [1.807, 2.05) is 74.5 Å². The Balaban J connectivity index is 0.00000361. The molecule has 0 aliphatic heterocycles. The Morgan fingerprint density at radius 1 is 1.03 bits per heavy atom. The van der Waals surface area contributed by atoms with Crippen molar-refractivity contribution in [3.63, 3.8) is 0 Å². The van der Waals surface area contributed by atoms with Crippen LogP contribution in [0.25, 0.3) is 17.0 Å². The van der Waals surface area contributed by atoms with Crippen molar-refractivity contribution in [1.82, 2.24) is 20.3 Å². The summed E-state index contributed by atoms with van der Waals surface area (Å²) in [4.78, 5) is 24.6. The zero-order valence-electron chi connectivity index (χ0n) is 19.9. The molecule has 0 fully saturated rings. The molecule has 0 radical (unpaired) electrons. The summed E-state index contributed by atoms with van der Waals surface area (Å²) in [5, 5.41) is 7.05. The summed E-state index contributed by atoms with van der Waals surface area (Å²) in [6.07, 6.45) is 7.09. The number of amides is 1. The number of aromatic nitrogens is 3. The maximum Gasteiger partial charge on any atom is 0.246 e. The molecule has 0 saturated carbocycles. The zero-order valence-corrected chi connectivity index (χ0v) is 19.9. The summed E-state index contributed by atoms with van der Waals surface area (Å²) >= 11 is 0. The number of rotatable bonds is 9. The number of ether oxygens (including phenoxy) is 2. The number of nitrogens with one attached hydrogen (secondary N) is 2. The number of anilines is 2. The van der Waals surface area contributed by atoms with Gasteiger partial charge in [0.1, 0.15) is 30.3 Å². The molecule has 186 valence electrons. The summed E-state index contributed by atoms with van der Waals surface area (Å²) in [5.74, 6) is 2.01. The molecule has 36 heavy (non-hydrogen) atoms. The Morgan fingerprint density at radius 3 is 2.64 bits per heavy atom. The van der Waals surface area contributed by atoms with Crippen molar-refractivity contribution in [2.45, 2.75) is 21.3 Å². The average Bonchev–Trinajstić information content (AvgIpc) is 2.85. The van der Waals surface area contributed by atoms with Crippen molar-refractivity contribution in [2.75, 3.05) is 25.6 Å². The SMILES string of the molecule is C.COCC(=O)NC/C=C/c1ccc2ncnc(Nc3ccc(Oc4ccc(C)nc4)c(C)c3)c2c1. The fourth-order valence-electron chi connectivity index (χ4n) is 3.45. The van der Waals surface area contributed by atoms with E-state index in [1.165, 1.54) is 7.11 Å². The predicted octanol–water partition coefficient (Wildman–Crippen LogP) is 5.59. The first-order chi connectivity index (χ1) is 17.0. The van der Waals surface area contributed by atoms with E-state index >= 15 is 0 Å². The Bertz CT molecular complexity index is 1350.